The predicted molar refractivity (Wildman–Crippen MR) is 79.5 cm³/mol. The fraction of sp³-hybridized carbons (Fsp3) is 0.214. The molecule has 0 aliphatic rings. The molecule has 2 rings (SSSR count). The van der Waals surface area contributed by atoms with Crippen molar-refractivity contribution in [1.82, 2.24) is 5.32 Å². The fourth-order valence-electron chi connectivity index (χ4n) is 1.83. The van der Waals surface area contributed by atoms with E-state index < -0.39 is 21.7 Å². The van der Waals surface area contributed by atoms with Gasteiger partial charge in [0.1, 0.15) is 11.6 Å². The molecule has 0 unspecified atom stereocenters. The molecule has 0 saturated carbocycles. The Bertz CT molecular complexity index is 757. The molecule has 0 saturated heterocycles. The van der Waals surface area contributed by atoms with Crippen LogP contribution in [0.25, 0.3) is 0 Å². The Morgan fingerprint density at radius 1 is 1.32 bits per heavy atom. The van der Waals surface area contributed by atoms with Crippen molar-refractivity contribution in [2.75, 3.05) is 11.6 Å². The average Bonchev–Trinajstić information content (AvgIpc) is 2.91. The predicted octanol–water partition coefficient (Wildman–Crippen LogP) is 2.29. The number of rotatable bonds is 5. The van der Waals surface area contributed by atoms with E-state index in [-0.39, 0.29) is 23.5 Å². The van der Waals surface area contributed by atoms with Gasteiger partial charge in [0.05, 0.1) is 18.6 Å². The standard InChI is InChI=1S/C14H15FN2O4S/c1-22(19,20)9-10-7-11(15)4-5-13(10)17-14(18)16-8-12-3-2-6-21-12/h2-7H,8-9H2,1H3,(H2,16,17,18). The molecular formula is C14H15FN2O4S. The van der Waals surface area contributed by atoms with Gasteiger partial charge in [0.15, 0.2) is 9.84 Å². The maximum absolute atomic E-state index is 13.3. The number of nitrogens with one attached hydrogen (secondary N) is 2. The van der Waals surface area contributed by atoms with Crippen LogP contribution in [0.15, 0.2) is 41.0 Å². The van der Waals surface area contributed by atoms with Gasteiger partial charge in [0.25, 0.3) is 0 Å². The van der Waals surface area contributed by atoms with Crippen LogP contribution in [0.1, 0.15) is 11.3 Å². The van der Waals surface area contributed by atoms with E-state index in [2.05, 4.69) is 10.6 Å². The topological polar surface area (TPSA) is 88.4 Å². The summed E-state index contributed by atoms with van der Waals surface area (Å²) in [5.74, 6) is -0.357. The number of benzene rings is 1. The Morgan fingerprint density at radius 3 is 2.73 bits per heavy atom. The summed E-state index contributed by atoms with van der Waals surface area (Å²) in [6, 6.07) is 6.41. The highest BCUT2D eigenvalue weighted by Crippen LogP contribution is 2.19. The number of anilines is 1. The average molecular weight is 326 g/mol. The van der Waals surface area contributed by atoms with Crippen LogP contribution in [-0.4, -0.2) is 20.7 Å². The lowest BCUT2D eigenvalue weighted by atomic mass is 10.2. The number of hydrogen-bond acceptors (Lipinski definition) is 4. The minimum atomic E-state index is -3.35. The number of urea groups is 1. The quantitative estimate of drug-likeness (QED) is 0.882. The number of halogens is 1. The normalized spacial score (nSPS) is 11.2. The lowest BCUT2D eigenvalue weighted by molar-refractivity contribution is 0.251. The van der Waals surface area contributed by atoms with Crippen molar-refractivity contribution >= 4 is 21.6 Å². The van der Waals surface area contributed by atoms with E-state index in [0.29, 0.717) is 5.76 Å². The highest BCUT2D eigenvalue weighted by Gasteiger charge is 2.13. The van der Waals surface area contributed by atoms with Crippen molar-refractivity contribution < 1.29 is 22.0 Å². The first kappa shape index (κ1) is 16.0. The second-order valence-corrected chi connectivity index (χ2v) is 6.90. The van der Waals surface area contributed by atoms with Gasteiger partial charge in [-0.05, 0) is 35.9 Å². The Labute approximate surface area is 127 Å². The van der Waals surface area contributed by atoms with Crippen LogP contribution in [0.2, 0.25) is 0 Å². The molecule has 0 aliphatic heterocycles. The van der Waals surface area contributed by atoms with E-state index in [0.717, 1.165) is 18.4 Å². The summed E-state index contributed by atoms with van der Waals surface area (Å²) in [5, 5.41) is 5.05. The molecule has 2 N–H and O–H groups in total. The largest absolute Gasteiger partial charge is 0.467 e. The molecule has 0 radical (unpaired) electrons. The van der Waals surface area contributed by atoms with Crippen LogP contribution in [-0.2, 0) is 22.1 Å². The maximum atomic E-state index is 13.3. The Balaban J connectivity index is 2.06. The highest BCUT2D eigenvalue weighted by molar-refractivity contribution is 7.89. The third kappa shape index (κ3) is 4.88. The first-order chi connectivity index (χ1) is 10.3. The second kappa shape index (κ2) is 6.61. The number of amides is 2. The van der Waals surface area contributed by atoms with Gasteiger partial charge in [-0.15, -0.1) is 0 Å². The number of furan rings is 1. The molecule has 0 fully saturated rings. The molecule has 2 amide bonds. The smallest absolute Gasteiger partial charge is 0.319 e. The molecule has 8 heteroatoms. The van der Waals surface area contributed by atoms with Gasteiger partial charge in [-0.3, -0.25) is 0 Å². The molecule has 6 nitrogen and oxygen atoms in total. The van der Waals surface area contributed by atoms with Crippen LogP contribution < -0.4 is 10.6 Å². The first-order valence-electron chi connectivity index (χ1n) is 6.37. The van der Waals surface area contributed by atoms with Crippen molar-refractivity contribution in [3.05, 3.63) is 53.7 Å². The lowest BCUT2D eigenvalue weighted by Gasteiger charge is -2.11. The second-order valence-electron chi connectivity index (χ2n) is 4.76. The Hall–Kier alpha value is -2.35. The van der Waals surface area contributed by atoms with E-state index in [1.807, 2.05) is 0 Å². The van der Waals surface area contributed by atoms with Crippen molar-refractivity contribution in [3.8, 4) is 0 Å². The summed E-state index contributed by atoms with van der Waals surface area (Å²) in [6.07, 6.45) is 2.53. The van der Waals surface area contributed by atoms with Crippen molar-refractivity contribution in [2.24, 2.45) is 0 Å². The zero-order valence-corrected chi connectivity index (χ0v) is 12.6. The molecular weight excluding hydrogens is 311 g/mol. The summed E-state index contributed by atoms with van der Waals surface area (Å²) >= 11 is 0. The van der Waals surface area contributed by atoms with Crippen molar-refractivity contribution in [2.45, 2.75) is 12.3 Å². The lowest BCUT2D eigenvalue weighted by Crippen LogP contribution is -2.28. The summed E-state index contributed by atoms with van der Waals surface area (Å²) in [7, 11) is -3.35. The SMILES string of the molecule is CS(=O)(=O)Cc1cc(F)ccc1NC(=O)NCc1ccco1. The van der Waals surface area contributed by atoms with Gasteiger partial charge in [-0.25, -0.2) is 17.6 Å². The van der Waals surface area contributed by atoms with Crippen LogP contribution in [0, 0.1) is 5.82 Å². The van der Waals surface area contributed by atoms with Gasteiger partial charge in [-0.2, -0.15) is 0 Å². The zero-order chi connectivity index (χ0) is 16.2. The Morgan fingerprint density at radius 2 is 2.09 bits per heavy atom. The van der Waals surface area contributed by atoms with Crippen molar-refractivity contribution in [3.63, 3.8) is 0 Å². The molecule has 2 aromatic rings. The molecule has 1 aromatic carbocycles. The zero-order valence-electron chi connectivity index (χ0n) is 11.8. The number of carbonyl (C=O) groups is 1. The molecule has 118 valence electrons. The minimum Gasteiger partial charge on any atom is -0.467 e. The van der Waals surface area contributed by atoms with Crippen LogP contribution in [0.3, 0.4) is 0 Å². The van der Waals surface area contributed by atoms with Crippen molar-refractivity contribution in [1.29, 1.82) is 0 Å². The fourth-order valence-corrected chi connectivity index (χ4v) is 2.64. The summed E-state index contributed by atoms with van der Waals surface area (Å²) in [4.78, 5) is 11.8. The van der Waals surface area contributed by atoms with E-state index in [4.69, 9.17) is 4.42 Å². The van der Waals surface area contributed by atoms with Gasteiger partial charge >= 0.3 is 6.03 Å². The molecule has 22 heavy (non-hydrogen) atoms. The van der Waals surface area contributed by atoms with E-state index in [9.17, 15) is 17.6 Å². The van der Waals surface area contributed by atoms with E-state index in [1.165, 1.54) is 12.3 Å². The van der Waals surface area contributed by atoms with E-state index >= 15 is 0 Å². The van der Waals surface area contributed by atoms with Gasteiger partial charge in [0, 0.05) is 11.9 Å². The Kier molecular flexibility index (Phi) is 4.81. The maximum Gasteiger partial charge on any atom is 0.319 e. The third-order valence-corrected chi connectivity index (χ3v) is 3.57. The molecule has 0 atom stereocenters. The minimum absolute atomic E-state index is 0.182. The number of hydrogen-bond donors (Lipinski definition) is 2. The van der Waals surface area contributed by atoms with Gasteiger partial charge in [-0.1, -0.05) is 0 Å². The summed E-state index contributed by atoms with van der Waals surface area (Å²) in [6.45, 7) is 0.182. The molecule has 0 aliphatic carbocycles. The highest BCUT2D eigenvalue weighted by atomic mass is 32.2. The number of sulfone groups is 1. The third-order valence-electron chi connectivity index (χ3n) is 2.74. The van der Waals surface area contributed by atoms with E-state index in [1.54, 1.807) is 12.1 Å². The summed E-state index contributed by atoms with van der Waals surface area (Å²) < 4.78 is 41.1. The molecule has 1 aromatic heterocycles. The molecule has 1 heterocycles. The van der Waals surface area contributed by atoms with Gasteiger partial charge in [0.2, 0.25) is 0 Å². The first-order valence-corrected chi connectivity index (χ1v) is 8.43. The molecule has 0 spiro atoms. The van der Waals surface area contributed by atoms with Crippen LogP contribution in [0.5, 0.6) is 0 Å². The van der Waals surface area contributed by atoms with Crippen LogP contribution in [0.4, 0.5) is 14.9 Å². The van der Waals surface area contributed by atoms with Gasteiger partial charge < -0.3 is 15.1 Å². The molecule has 0 bridgehead atoms. The number of carbonyl (C=O) groups excluding carboxylic acids is 1. The van der Waals surface area contributed by atoms with Crippen LogP contribution >= 0.6 is 0 Å². The summed E-state index contributed by atoms with van der Waals surface area (Å²) in [5.41, 5.74) is 0.430. The monoisotopic (exact) mass is 326 g/mol.